The molecule has 1 aromatic heterocycles. The van der Waals surface area contributed by atoms with Crippen molar-refractivity contribution in [2.24, 2.45) is 5.41 Å². The molecule has 0 bridgehead atoms. The number of hydrogen-bond donors (Lipinski definition) is 0. The lowest BCUT2D eigenvalue weighted by molar-refractivity contribution is -0.140. The Morgan fingerprint density at radius 1 is 1.33 bits per heavy atom. The van der Waals surface area contributed by atoms with Crippen LogP contribution in [0.5, 0.6) is 0 Å². The molecule has 1 aliphatic heterocycles. The highest BCUT2D eigenvalue weighted by atomic mass is 19.1. The summed E-state index contributed by atoms with van der Waals surface area (Å²) in [4.78, 5) is 25.0. The number of carbonyl (C=O) groups is 2. The van der Waals surface area contributed by atoms with Crippen LogP contribution in [0.15, 0.2) is 58.4 Å². The smallest absolute Gasteiger partial charge is 0.338 e. The summed E-state index contributed by atoms with van der Waals surface area (Å²) in [5.41, 5.74) is 1.68. The maximum absolute atomic E-state index is 13.4. The fourth-order valence-electron chi connectivity index (χ4n) is 4.16. The number of ether oxygens (including phenoxy) is 2. The van der Waals surface area contributed by atoms with Crippen molar-refractivity contribution >= 4 is 11.9 Å². The normalized spacial score (nSPS) is 27.3. The van der Waals surface area contributed by atoms with E-state index in [0.29, 0.717) is 24.0 Å². The van der Waals surface area contributed by atoms with E-state index in [1.54, 1.807) is 25.5 Å². The zero-order valence-electron chi connectivity index (χ0n) is 15.0. The molecule has 0 spiro atoms. The molecule has 6 heteroatoms. The van der Waals surface area contributed by atoms with Crippen LogP contribution in [0, 0.1) is 11.2 Å². The lowest BCUT2D eigenvalue weighted by Crippen LogP contribution is -2.34. The molecule has 0 radical (unpaired) electrons. The quantitative estimate of drug-likeness (QED) is 0.751. The van der Waals surface area contributed by atoms with Crippen molar-refractivity contribution < 1.29 is 27.9 Å². The Balaban J connectivity index is 1.62. The van der Waals surface area contributed by atoms with E-state index in [-0.39, 0.29) is 5.56 Å². The first-order chi connectivity index (χ1) is 12.9. The minimum Gasteiger partial charge on any atom is -0.472 e. The van der Waals surface area contributed by atoms with E-state index in [9.17, 15) is 14.0 Å². The van der Waals surface area contributed by atoms with Crippen LogP contribution >= 0.6 is 0 Å². The highest BCUT2D eigenvalue weighted by molar-refractivity contribution is 5.94. The van der Waals surface area contributed by atoms with Crippen LogP contribution in [0.4, 0.5) is 4.39 Å². The Kier molecular flexibility index (Phi) is 4.13. The van der Waals surface area contributed by atoms with Crippen molar-refractivity contribution in [3.8, 4) is 0 Å². The third kappa shape index (κ3) is 2.85. The average molecular weight is 370 g/mol. The maximum atomic E-state index is 13.4. The van der Waals surface area contributed by atoms with Gasteiger partial charge < -0.3 is 13.9 Å². The SMILES string of the molecule is CC1=C2C(=O)O[C@@H](c3ccoc3)[C@]2(C)CC[C@H]1OC(=O)c1cccc(F)c1. The summed E-state index contributed by atoms with van der Waals surface area (Å²) in [6.07, 6.45) is 3.33. The van der Waals surface area contributed by atoms with Crippen LogP contribution in [0.3, 0.4) is 0 Å². The summed E-state index contributed by atoms with van der Waals surface area (Å²) in [6, 6.07) is 7.15. The van der Waals surface area contributed by atoms with E-state index in [1.165, 1.54) is 18.2 Å². The molecule has 0 amide bonds. The third-order valence-corrected chi connectivity index (χ3v) is 5.54. The molecule has 0 N–H and O–H groups in total. The number of carbonyl (C=O) groups excluding carboxylic acids is 2. The number of hydrogen-bond acceptors (Lipinski definition) is 5. The summed E-state index contributed by atoms with van der Waals surface area (Å²) in [6.45, 7) is 3.77. The molecule has 27 heavy (non-hydrogen) atoms. The minimum absolute atomic E-state index is 0.145. The first-order valence-corrected chi connectivity index (χ1v) is 8.81. The van der Waals surface area contributed by atoms with E-state index < -0.39 is 35.4 Å². The second kappa shape index (κ2) is 6.37. The van der Waals surface area contributed by atoms with E-state index >= 15 is 0 Å². The molecule has 0 saturated carbocycles. The van der Waals surface area contributed by atoms with Gasteiger partial charge in [-0.3, -0.25) is 0 Å². The number of benzene rings is 1. The number of halogens is 1. The molecular weight excluding hydrogens is 351 g/mol. The van der Waals surface area contributed by atoms with E-state index in [4.69, 9.17) is 13.9 Å². The number of fused-ring (bicyclic) bond motifs is 1. The van der Waals surface area contributed by atoms with Crippen LogP contribution in [-0.4, -0.2) is 18.0 Å². The predicted molar refractivity (Wildman–Crippen MR) is 93.2 cm³/mol. The first-order valence-electron chi connectivity index (χ1n) is 8.81. The molecule has 2 heterocycles. The molecule has 1 aromatic carbocycles. The van der Waals surface area contributed by atoms with Crippen LogP contribution in [0.2, 0.25) is 0 Å². The number of esters is 2. The monoisotopic (exact) mass is 370 g/mol. The van der Waals surface area contributed by atoms with E-state index in [0.717, 1.165) is 11.6 Å². The first kappa shape index (κ1) is 17.5. The highest BCUT2D eigenvalue weighted by Crippen LogP contribution is 2.56. The molecule has 4 rings (SSSR count). The number of furan rings is 1. The Labute approximate surface area is 155 Å². The Morgan fingerprint density at radius 2 is 2.15 bits per heavy atom. The van der Waals surface area contributed by atoms with Gasteiger partial charge in [0.05, 0.1) is 18.1 Å². The fraction of sp³-hybridized carbons (Fsp3) is 0.333. The Hall–Kier alpha value is -2.89. The second-order valence-corrected chi connectivity index (χ2v) is 7.26. The molecule has 1 aliphatic carbocycles. The molecular formula is C21H19FO5. The van der Waals surface area contributed by atoms with E-state index in [2.05, 4.69) is 0 Å². The van der Waals surface area contributed by atoms with Gasteiger partial charge in [0, 0.05) is 16.6 Å². The average Bonchev–Trinajstić information content (AvgIpc) is 3.24. The summed E-state index contributed by atoms with van der Waals surface area (Å²) in [5, 5.41) is 0. The van der Waals surface area contributed by atoms with Crippen molar-refractivity contribution in [3.63, 3.8) is 0 Å². The summed E-state index contributed by atoms with van der Waals surface area (Å²) in [5.74, 6) is -1.51. The zero-order chi connectivity index (χ0) is 19.2. The Bertz CT molecular complexity index is 930. The summed E-state index contributed by atoms with van der Waals surface area (Å²) < 4.78 is 29.7. The minimum atomic E-state index is -0.610. The van der Waals surface area contributed by atoms with E-state index in [1.807, 2.05) is 6.92 Å². The lowest BCUT2D eigenvalue weighted by Gasteiger charge is -2.36. The number of cyclic esters (lactones) is 1. The second-order valence-electron chi connectivity index (χ2n) is 7.26. The van der Waals surface area contributed by atoms with Crippen molar-refractivity contribution in [3.05, 3.63) is 70.9 Å². The van der Waals surface area contributed by atoms with Gasteiger partial charge in [-0.1, -0.05) is 13.0 Å². The van der Waals surface area contributed by atoms with Gasteiger partial charge in [0.15, 0.2) is 0 Å². The third-order valence-electron chi connectivity index (χ3n) is 5.54. The molecule has 3 atom stereocenters. The highest BCUT2D eigenvalue weighted by Gasteiger charge is 2.54. The molecule has 140 valence electrons. The zero-order valence-corrected chi connectivity index (χ0v) is 15.0. The van der Waals surface area contributed by atoms with Gasteiger partial charge in [0.25, 0.3) is 0 Å². The molecule has 2 aliphatic rings. The van der Waals surface area contributed by atoms with Crippen LogP contribution in [0.25, 0.3) is 0 Å². The van der Waals surface area contributed by atoms with Gasteiger partial charge in [-0.15, -0.1) is 0 Å². The van der Waals surface area contributed by atoms with Crippen molar-refractivity contribution in [1.29, 1.82) is 0 Å². The molecule has 1 fully saturated rings. The van der Waals surface area contributed by atoms with Gasteiger partial charge in [-0.05, 0) is 49.6 Å². The van der Waals surface area contributed by atoms with Crippen LogP contribution in [-0.2, 0) is 14.3 Å². The van der Waals surface area contributed by atoms with Gasteiger partial charge in [-0.25, -0.2) is 14.0 Å². The largest absolute Gasteiger partial charge is 0.472 e. The summed E-state index contributed by atoms with van der Waals surface area (Å²) >= 11 is 0. The predicted octanol–water partition coefficient (Wildman–Crippen LogP) is 4.36. The molecule has 2 aromatic rings. The van der Waals surface area contributed by atoms with Gasteiger partial charge >= 0.3 is 11.9 Å². The maximum Gasteiger partial charge on any atom is 0.338 e. The van der Waals surface area contributed by atoms with Crippen molar-refractivity contribution in [2.45, 2.75) is 38.9 Å². The van der Waals surface area contributed by atoms with Gasteiger partial charge in [0.1, 0.15) is 18.0 Å². The molecule has 5 nitrogen and oxygen atoms in total. The molecule has 0 unspecified atom stereocenters. The van der Waals surface area contributed by atoms with Crippen molar-refractivity contribution in [2.75, 3.05) is 0 Å². The molecule has 1 saturated heterocycles. The topological polar surface area (TPSA) is 65.7 Å². The standard InChI is InChI=1S/C21H19FO5/c1-12-16(26-19(23)13-4-3-5-15(22)10-13)6-8-21(2)17(12)20(24)27-18(21)14-7-9-25-11-14/h3-5,7,9-11,16,18H,6,8H2,1-2H3/t16-,18+,21-/m1/s1. The Morgan fingerprint density at radius 3 is 2.85 bits per heavy atom. The lowest BCUT2D eigenvalue weighted by atomic mass is 9.67. The number of rotatable bonds is 3. The van der Waals surface area contributed by atoms with Crippen LogP contribution < -0.4 is 0 Å². The fourth-order valence-corrected chi connectivity index (χ4v) is 4.16. The van der Waals surface area contributed by atoms with Gasteiger partial charge in [0.2, 0.25) is 0 Å². The summed E-state index contributed by atoms with van der Waals surface area (Å²) in [7, 11) is 0. The van der Waals surface area contributed by atoms with Gasteiger partial charge in [-0.2, -0.15) is 0 Å². The van der Waals surface area contributed by atoms with Crippen molar-refractivity contribution in [1.82, 2.24) is 0 Å². The van der Waals surface area contributed by atoms with Crippen LogP contribution in [0.1, 0.15) is 48.7 Å².